The van der Waals surface area contributed by atoms with E-state index in [1.54, 1.807) is 0 Å². The third-order valence-electron chi connectivity index (χ3n) is 5.56. The van der Waals surface area contributed by atoms with Crippen LogP contribution in [0.5, 0.6) is 0 Å². The molecule has 0 aliphatic carbocycles. The Hall–Kier alpha value is -2.17. The smallest absolute Gasteiger partial charge is 0.220 e. The number of hydrogen-bond acceptors (Lipinski definition) is 3. The van der Waals surface area contributed by atoms with Gasteiger partial charge in [-0.3, -0.25) is 9.69 Å². The second-order valence-corrected chi connectivity index (χ2v) is 7.55. The molecule has 1 saturated heterocycles. The van der Waals surface area contributed by atoms with E-state index in [0.29, 0.717) is 25.4 Å². The fraction of sp³-hybridized carbons (Fsp3) is 0.435. The Bertz CT molecular complexity index is 705. The Morgan fingerprint density at radius 2 is 1.67 bits per heavy atom. The minimum Gasteiger partial charge on any atom is -0.391 e. The molecule has 0 saturated carbocycles. The molecule has 4 nitrogen and oxygen atoms in total. The Balaban J connectivity index is 1.53. The zero-order chi connectivity index (χ0) is 19.1. The third-order valence-corrected chi connectivity index (χ3v) is 5.56. The summed E-state index contributed by atoms with van der Waals surface area (Å²) in [5.41, 5.74) is 2.36. The Labute approximate surface area is 162 Å². The number of piperidine rings is 1. The van der Waals surface area contributed by atoms with Crippen LogP contribution in [0.1, 0.15) is 30.9 Å². The Morgan fingerprint density at radius 1 is 1.04 bits per heavy atom. The zero-order valence-corrected chi connectivity index (χ0v) is 16.1. The fourth-order valence-corrected chi connectivity index (χ4v) is 4.04. The van der Waals surface area contributed by atoms with Gasteiger partial charge >= 0.3 is 0 Å². The lowest BCUT2D eigenvalue weighted by Gasteiger charge is -2.41. The lowest BCUT2D eigenvalue weighted by atomic mass is 9.79. The molecule has 0 aromatic heterocycles. The molecule has 1 fully saturated rings. The highest BCUT2D eigenvalue weighted by Crippen LogP contribution is 2.30. The van der Waals surface area contributed by atoms with E-state index in [-0.39, 0.29) is 11.8 Å². The molecule has 1 amide bonds. The van der Waals surface area contributed by atoms with Crippen LogP contribution in [0.15, 0.2) is 60.7 Å². The lowest BCUT2D eigenvalue weighted by molar-refractivity contribution is -0.125. The molecule has 1 heterocycles. The molecule has 3 atom stereocenters. The van der Waals surface area contributed by atoms with Crippen molar-refractivity contribution in [2.45, 2.75) is 39.0 Å². The molecular formula is C23H30N2O2. The summed E-state index contributed by atoms with van der Waals surface area (Å²) >= 11 is 0. The highest BCUT2D eigenvalue weighted by molar-refractivity contribution is 5.76. The Morgan fingerprint density at radius 3 is 2.30 bits per heavy atom. The number of aliphatic hydroxyl groups excluding tert-OH is 1. The van der Waals surface area contributed by atoms with Crippen molar-refractivity contribution < 1.29 is 9.90 Å². The first-order chi connectivity index (χ1) is 13.2. The Kier molecular flexibility index (Phi) is 7.02. The van der Waals surface area contributed by atoms with E-state index in [1.807, 2.05) is 48.5 Å². The summed E-state index contributed by atoms with van der Waals surface area (Å²) in [6.45, 7) is 5.10. The van der Waals surface area contributed by atoms with Gasteiger partial charge in [-0.2, -0.15) is 0 Å². The molecule has 1 aliphatic heterocycles. The highest BCUT2D eigenvalue weighted by atomic mass is 16.3. The van der Waals surface area contributed by atoms with Gasteiger partial charge in [0.2, 0.25) is 5.91 Å². The van der Waals surface area contributed by atoms with Gasteiger partial charge in [0, 0.05) is 32.6 Å². The number of nitrogens with one attached hydrogen (secondary N) is 1. The van der Waals surface area contributed by atoms with Crippen LogP contribution in [0.3, 0.4) is 0 Å². The standard InChI is InChI=1S/C23H30N2O2/c1-2-20-16-25(15-19-11-7-4-8-12-19)17-22(26)21(20)13-23(27)24-14-18-9-5-3-6-10-18/h3-12,20-22,26H,2,13-17H2,1H3,(H,24,27)/t20-,21-,22+/m1/s1. The van der Waals surface area contributed by atoms with Crippen molar-refractivity contribution in [2.24, 2.45) is 11.8 Å². The predicted molar refractivity (Wildman–Crippen MR) is 108 cm³/mol. The maximum atomic E-state index is 12.4. The van der Waals surface area contributed by atoms with E-state index >= 15 is 0 Å². The van der Waals surface area contributed by atoms with Crippen molar-refractivity contribution in [3.05, 3.63) is 71.8 Å². The van der Waals surface area contributed by atoms with Crippen molar-refractivity contribution in [3.63, 3.8) is 0 Å². The first-order valence-electron chi connectivity index (χ1n) is 9.90. The average molecular weight is 367 g/mol. The molecule has 3 rings (SSSR count). The van der Waals surface area contributed by atoms with Gasteiger partial charge < -0.3 is 10.4 Å². The first kappa shape index (κ1) is 19.6. The molecule has 0 bridgehead atoms. The number of carbonyl (C=O) groups excluding carboxylic acids is 1. The maximum Gasteiger partial charge on any atom is 0.220 e. The molecule has 27 heavy (non-hydrogen) atoms. The second-order valence-electron chi connectivity index (χ2n) is 7.55. The second kappa shape index (κ2) is 9.67. The van der Waals surface area contributed by atoms with E-state index in [4.69, 9.17) is 0 Å². The molecule has 2 N–H and O–H groups in total. The topological polar surface area (TPSA) is 52.6 Å². The van der Waals surface area contributed by atoms with Crippen LogP contribution < -0.4 is 5.32 Å². The molecule has 0 spiro atoms. The molecule has 2 aromatic rings. The number of hydrogen-bond donors (Lipinski definition) is 2. The van der Waals surface area contributed by atoms with Gasteiger partial charge in [0.1, 0.15) is 0 Å². The van der Waals surface area contributed by atoms with Gasteiger partial charge in [0.25, 0.3) is 0 Å². The van der Waals surface area contributed by atoms with E-state index in [2.05, 4.69) is 29.3 Å². The summed E-state index contributed by atoms with van der Waals surface area (Å²) in [7, 11) is 0. The molecule has 4 heteroatoms. The first-order valence-corrected chi connectivity index (χ1v) is 9.90. The minimum absolute atomic E-state index is 0.0257. The lowest BCUT2D eigenvalue weighted by Crippen LogP contribution is -2.50. The SMILES string of the molecule is CC[C@@H]1CN(Cc2ccccc2)C[C@H](O)[C@@H]1CC(=O)NCc1ccccc1. The van der Waals surface area contributed by atoms with E-state index in [1.165, 1.54) is 5.56 Å². The van der Waals surface area contributed by atoms with Gasteiger partial charge in [0.05, 0.1) is 6.10 Å². The number of likely N-dealkylation sites (tertiary alicyclic amines) is 1. The summed E-state index contributed by atoms with van der Waals surface area (Å²) < 4.78 is 0. The minimum atomic E-state index is -0.463. The van der Waals surface area contributed by atoms with Crippen LogP contribution in [0.25, 0.3) is 0 Å². The van der Waals surface area contributed by atoms with Crippen LogP contribution in [0, 0.1) is 11.8 Å². The molecule has 1 aliphatic rings. The fourth-order valence-electron chi connectivity index (χ4n) is 4.04. The molecule has 2 aromatic carbocycles. The van der Waals surface area contributed by atoms with E-state index in [0.717, 1.165) is 25.1 Å². The zero-order valence-electron chi connectivity index (χ0n) is 16.1. The number of carbonyl (C=O) groups is 1. The summed E-state index contributed by atoms with van der Waals surface area (Å²) in [5.74, 6) is 0.385. The summed E-state index contributed by atoms with van der Waals surface area (Å²) in [6, 6.07) is 20.3. The number of β-amino-alcohol motifs (C(OH)–C–C–N with tert-alkyl or cyclic N) is 1. The van der Waals surface area contributed by atoms with Gasteiger partial charge in [-0.25, -0.2) is 0 Å². The van der Waals surface area contributed by atoms with Crippen LogP contribution >= 0.6 is 0 Å². The third kappa shape index (κ3) is 5.65. The molecule has 0 unspecified atom stereocenters. The monoisotopic (exact) mass is 366 g/mol. The quantitative estimate of drug-likeness (QED) is 0.791. The van der Waals surface area contributed by atoms with Crippen LogP contribution in [-0.4, -0.2) is 35.1 Å². The maximum absolute atomic E-state index is 12.4. The van der Waals surface area contributed by atoms with E-state index in [9.17, 15) is 9.90 Å². The van der Waals surface area contributed by atoms with Crippen LogP contribution in [0.2, 0.25) is 0 Å². The van der Waals surface area contributed by atoms with Gasteiger partial charge in [-0.15, -0.1) is 0 Å². The van der Waals surface area contributed by atoms with Crippen molar-refractivity contribution in [1.82, 2.24) is 10.2 Å². The van der Waals surface area contributed by atoms with Crippen LogP contribution in [0.4, 0.5) is 0 Å². The van der Waals surface area contributed by atoms with E-state index < -0.39 is 6.10 Å². The summed E-state index contributed by atoms with van der Waals surface area (Å²) in [6.07, 6.45) is 0.903. The summed E-state index contributed by atoms with van der Waals surface area (Å²) in [5, 5.41) is 13.7. The van der Waals surface area contributed by atoms with Gasteiger partial charge in [0.15, 0.2) is 0 Å². The molecule has 0 radical (unpaired) electrons. The van der Waals surface area contributed by atoms with Crippen molar-refractivity contribution >= 4 is 5.91 Å². The van der Waals surface area contributed by atoms with Gasteiger partial charge in [-0.1, -0.05) is 74.0 Å². The molecule has 144 valence electrons. The predicted octanol–water partition coefficient (Wildman–Crippen LogP) is 3.21. The van der Waals surface area contributed by atoms with Crippen molar-refractivity contribution in [1.29, 1.82) is 0 Å². The number of amides is 1. The normalized spacial score (nSPS) is 23.1. The number of aliphatic hydroxyl groups is 1. The summed E-state index contributed by atoms with van der Waals surface area (Å²) in [4.78, 5) is 14.7. The number of benzene rings is 2. The molecular weight excluding hydrogens is 336 g/mol. The van der Waals surface area contributed by atoms with Gasteiger partial charge in [-0.05, 0) is 23.0 Å². The highest BCUT2D eigenvalue weighted by Gasteiger charge is 2.36. The number of rotatable bonds is 7. The van der Waals surface area contributed by atoms with Crippen molar-refractivity contribution in [3.8, 4) is 0 Å². The average Bonchev–Trinajstić information content (AvgIpc) is 2.70. The van der Waals surface area contributed by atoms with Crippen LogP contribution in [-0.2, 0) is 17.9 Å². The number of nitrogens with zero attached hydrogens (tertiary/aromatic N) is 1. The van der Waals surface area contributed by atoms with Crippen molar-refractivity contribution in [2.75, 3.05) is 13.1 Å². The largest absolute Gasteiger partial charge is 0.391 e.